The second kappa shape index (κ2) is 15.2. The van der Waals surface area contributed by atoms with Crippen molar-refractivity contribution in [3.05, 3.63) is 0 Å². The molecule has 5 atom stereocenters. The summed E-state index contributed by atoms with van der Waals surface area (Å²) in [5.41, 5.74) is -0.917. The lowest BCUT2D eigenvalue weighted by atomic mass is 9.83. The predicted molar refractivity (Wildman–Crippen MR) is 193 cm³/mol. The molecule has 0 bridgehead atoms. The lowest BCUT2D eigenvalue weighted by Crippen LogP contribution is -2.62. The number of likely N-dealkylation sites (tertiary alicyclic amines) is 1. The molecule has 49 heavy (non-hydrogen) atoms. The van der Waals surface area contributed by atoms with Crippen molar-refractivity contribution < 1.29 is 27.6 Å². The van der Waals surface area contributed by atoms with Gasteiger partial charge in [-0.25, -0.2) is 13.2 Å². The van der Waals surface area contributed by atoms with E-state index in [0.29, 0.717) is 51.1 Å². The minimum Gasteiger partial charge on any atom is -0.349 e. The molecule has 0 aromatic rings. The normalized spacial score (nSPS) is 26.0. The predicted octanol–water partition coefficient (Wildman–Crippen LogP) is 4.49. The molecule has 1 saturated heterocycles. The van der Waals surface area contributed by atoms with E-state index in [0.717, 1.165) is 38.6 Å². The summed E-state index contributed by atoms with van der Waals surface area (Å²) in [6.45, 7) is 16.8. The molecule has 11 nitrogen and oxygen atoms in total. The Hall–Kier alpha value is -2.21. The van der Waals surface area contributed by atoms with Crippen LogP contribution in [0.2, 0.25) is 0 Å². The van der Waals surface area contributed by atoms with Crippen molar-refractivity contribution in [1.29, 1.82) is 0 Å². The van der Waals surface area contributed by atoms with Gasteiger partial charge in [0.25, 0.3) is 5.91 Å². The van der Waals surface area contributed by atoms with Gasteiger partial charge in [0.15, 0.2) is 9.84 Å². The third kappa shape index (κ3) is 9.18. The fourth-order valence-electron chi connectivity index (χ4n) is 8.59. The van der Waals surface area contributed by atoms with E-state index >= 15 is 0 Å². The number of amides is 4. The zero-order valence-electron chi connectivity index (χ0n) is 31.5. The Balaban J connectivity index is 1.54. The van der Waals surface area contributed by atoms with Crippen LogP contribution < -0.4 is 21.3 Å². The van der Waals surface area contributed by atoms with Gasteiger partial charge in [0.05, 0.1) is 28.1 Å². The van der Waals surface area contributed by atoms with Gasteiger partial charge in [-0.05, 0) is 94.8 Å². The minimum atomic E-state index is -3.48. The van der Waals surface area contributed by atoms with Crippen LogP contribution in [0.4, 0.5) is 4.79 Å². The van der Waals surface area contributed by atoms with Gasteiger partial charge >= 0.3 is 6.03 Å². The van der Waals surface area contributed by atoms with Crippen molar-refractivity contribution in [2.75, 3.05) is 25.4 Å². The number of rotatable bonds is 14. The number of nitrogens with zero attached hydrogens (tertiary/aromatic N) is 1. The standard InChI is InChI=1S/C37H65N5O6S/c1-9-14-27(30(43)32(45)38-21-10-2)39-31(44)29-25-15-18-36(19-20-36)26(25)22-42(29)23-28(34(3,4)5)40-33(46)41-37(16-12-11-13-17-37)24-49(47,48)35(6,7)8/h25-29H,9-24H2,1-8H3,(H,38,45)(H,39,44)(H2,40,41,46)/t25-,26-,27?,28+,29-/m0/s1. The maximum absolute atomic E-state index is 14.2. The van der Waals surface area contributed by atoms with E-state index < -0.39 is 43.9 Å². The van der Waals surface area contributed by atoms with Gasteiger partial charge in [0.1, 0.15) is 0 Å². The Bertz CT molecular complexity index is 1330. The Morgan fingerprint density at radius 2 is 1.53 bits per heavy atom. The summed E-state index contributed by atoms with van der Waals surface area (Å²) < 4.78 is 25.8. The zero-order valence-corrected chi connectivity index (χ0v) is 32.3. The maximum atomic E-state index is 14.2. The van der Waals surface area contributed by atoms with Crippen molar-refractivity contribution in [2.45, 2.75) is 161 Å². The summed E-state index contributed by atoms with van der Waals surface area (Å²) in [6.07, 6.45) is 10.1. The van der Waals surface area contributed by atoms with E-state index in [1.54, 1.807) is 20.8 Å². The number of hydrogen-bond donors (Lipinski definition) is 4. The number of carbonyl (C=O) groups excluding carboxylic acids is 4. The van der Waals surface area contributed by atoms with Gasteiger partial charge < -0.3 is 21.3 Å². The molecule has 1 unspecified atom stereocenters. The molecule has 4 aliphatic rings. The van der Waals surface area contributed by atoms with Crippen LogP contribution in [-0.4, -0.2) is 90.7 Å². The van der Waals surface area contributed by atoms with E-state index in [2.05, 4.69) is 46.9 Å². The first kappa shape index (κ1) is 39.6. The first-order valence-corrected chi connectivity index (χ1v) is 20.6. The van der Waals surface area contributed by atoms with Gasteiger partial charge in [-0.1, -0.05) is 60.3 Å². The molecule has 4 amide bonds. The van der Waals surface area contributed by atoms with Gasteiger partial charge in [-0.3, -0.25) is 19.3 Å². The summed E-state index contributed by atoms with van der Waals surface area (Å²) in [6, 6.07) is -2.07. The molecule has 1 aliphatic heterocycles. The minimum absolute atomic E-state index is 0.0922. The van der Waals surface area contributed by atoms with Crippen molar-refractivity contribution in [3.8, 4) is 0 Å². The van der Waals surface area contributed by atoms with Crippen LogP contribution in [0.1, 0.15) is 132 Å². The Morgan fingerprint density at radius 1 is 0.878 bits per heavy atom. The smallest absolute Gasteiger partial charge is 0.315 e. The second-order valence-electron chi connectivity index (χ2n) is 17.8. The largest absolute Gasteiger partial charge is 0.349 e. The van der Waals surface area contributed by atoms with Crippen molar-refractivity contribution in [3.63, 3.8) is 0 Å². The maximum Gasteiger partial charge on any atom is 0.315 e. The lowest BCUT2D eigenvalue weighted by Gasteiger charge is -2.41. The fourth-order valence-corrected chi connectivity index (χ4v) is 10.1. The molecular weight excluding hydrogens is 643 g/mol. The SMILES string of the molecule is CCCNC(=O)C(=O)C(CCC)NC(=O)[C@@H]1[C@H]2CCC3(CC3)[C@H]2CN1C[C@@H](NC(=O)NC1(CS(=O)(=O)C(C)(C)C)CCCCC1)C(C)(C)C. The molecule has 0 radical (unpaired) electrons. The first-order chi connectivity index (χ1) is 22.8. The monoisotopic (exact) mass is 707 g/mol. The van der Waals surface area contributed by atoms with Crippen LogP contribution in [0.25, 0.3) is 0 Å². The highest BCUT2D eigenvalue weighted by Gasteiger charge is 2.63. The first-order valence-electron chi connectivity index (χ1n) is 19.0. The zero-order chi connectivity index (χ0) is 36.4. The number of ketones is 1. The molecule has 4 fully saturated rings. The molecule has 3 saturated carbocycles. The van der Waals surface area contributed by atoms with Crippen LogP contribution in [0, 0.1) is 22.7 Å². The van der Waals surface area contributed by atoms with E-state index in [-0.39, 0.29) is 40.5 Å². The Labute approximate surface area is 295 Å². The number of Topliss-reactive ketones (excluding diaryl/α,β-unsaturated/α-hetero) is 1. The van der Waals surface area contributed by atoms with E-state index in [1.807, 2.05) is 13.8 Å². The lowest BCUT2D eigenvalue weighted by molar-refractivity contribution is -0.140. The van der Waals surface area contributed by atoms with Gasteiger partial charge in [0.2, 0.25) is 11.7 Å². The molecule has 12 heteroatoms. The molecule has 3 aliphatic carbocycles. The third-order valence-corrected chi connectivity index (χ3v) is 14.8. The van der Waals surface area contributed by atoms with E-state index in [9.17, 15) is 27.6 Å². The highest BCUT2D eigenvalue weighted by molar-refractivity contribution is 7.92. The fraction of sp³-hybridized carbons (Fsp3) is 0.892. The third-order valence-electron chi connectivity index (χ3n) is 12.0. The van der Waals surface area contributed by atoms with Crippen molar-refractivity contribution >= 4 is 33.5 Å². The number of urea groups is 1. The Morgan fingerprint density at radius 3 is 2.08 bits per heavy atom. The van der Waals surface area contributed by atoms with Crippen LogP contribution in [0.3, 0.4) is 0 Å². The van der Waals surface area contributed by atoms with Gasteiger partial charge in [-0.2, -0.15) is 0 Å². The van der Waals surface area contributed by atoms with Crippen LogP contribution in [-0.2, 0) is 24.2 Å². The van der Waals surface area contributed by atoms with Crippen molar-refractivity contribution in [2.24, 2.45) is 22.7 Å². The summed E-state index contributed by atoms with van der Waals surface area (Å²) in [7, 11) is -3.48. The topological polar surface area (TPSA) is 154 Å². The number of hydrogen-bond acceptors (Lipinski definition) is 7. The van der Waals surface area contributed by atoms with E-state index in [4.69, 9.17) is 0 Å². The molecule has 4 N–H and O–H groups in total. The number of nitrogens with one attached hydrogen (secondary N) is 4. The molecule has 4 rings (SSSR count). The summed E-state index contributed by atoms with van der Waals surface area (Å²) in [5, 5.41) is 12.1. The summed E-state index contributed by atoms with van der Waals surface area (Å²) >= 11 is 0. The number of fused-ring (bicyclic) bond motifs is 2. The van der Waals surface area contributed by atoms with Crippen molar-refractivity contribution in [1.82, 2.24) is 26.2 Å². The van der Waals surface area contributed by atoms with Crippen LogP contribution >= 0.6 is 0 Å². The van der Waals surface area contributed by atoms with Gasteiger partial charge in [0, 0.05) is 25.7 Å². The highest BCUT2D eigenvalue weighted by atomic mass is 32.2. The molecular formula is C37H65N5O6S. The summed E-state index contributed by atoms with van der Waals surface area (Å²) in [5.74, 6) is -1.05. The number of sulfone groups is 1. The molecule has 0 aromatic carbocycles. The summed E-state index contributed by atoms with van der Waals surface area (Å²) in [4.78, 5) is 56.0. The Kier molecular flexibility index (Phi) is 12.3. The van der Waals surface area contributed by atoms with Crippen LogP contribution in [0.5, 0.6) is 0 Å². The average molecular weight is 708 g/mol. The molecule has 0 aromatic heterocycles. The van der Waals surface area contributed by atoms with Crippen LogP contribution in [0.15, 0.2) is 0 Å². The second-order valence-corrected chi connectivity index (χ2v) is 20.5. The highest BCUT2D eigenvalue weighted by Crippen LogP contribution is 2.66. The van der Waals surface area contributed by atoms with E-state index in [1.165, 1.54) is 12.8 Å². The van der Waals surface area contributed by atoms with Gasteiger partial charge in [-0.15, -0.1) is 0 Å². The number of carbonyl (C=O) groups is 4. The quantitative estimate of drug-likeness (QED) is 0.194. The molecule has 280 valence electrons. The average Bonchev–Trinajstić information content (AvgIpc) is 3.59. The molecule has 1 spiro atoms. The molecule has 1 heterocycles.